The highest BCUT2D eigenvalue weighted by Crippen LogP contribution is 2.11. The van der Waals surface area contributed by atoms with Crippen LogP contribution < -0.4 is 16.4 Å². The van der Waals surface area contributed by atoms with Crippen molar-refractivity contribution in [1.29, 1.82) is 0 Å². The molecule has 0 aliphatic heterocycles. The van der Waals surface area contributed by atoms with Crippen LogP contribution in [-0.4, -0.2) is 40.7 Å². The number of thiol groups is 1. The Bertz CT molecular complexity index is 548. The molecule has 7 nitrogen and oxygen atoms in total. The first-order valence-electron chi connectivity index (χ1n) is 6.59. The van der Waals surface area contributed by atoms with Crippen molar-refractivity contribution in [2.45, 2.75) is 25.4 Å². The van der Waals surface area contributed by atoms with Gasteiger partial charge in [-0.1, -0.05) is 12.1 Å². The van der Waals surface area contributed by atoms with E-state index in [1.54, 1.807) is 12.1 Å². The maximum atomic E-state index is 12.2. The summed E-state index contributed by atoms with van der Waals surface area (Å²) in [5.74, 6) is -1.43. The van der Waals surface area contributed by atoms with Crippen LogP contribution in [0.3, 0.4) is 0 Å². The zero-order valence-electron chi connectivity index (χ0n) is 12.1. The molecule has 0 aliphatic carbocycles. The number of carbonyl (C=O) groups is 3. The molecule has 0 unspecified atom stereocenters. The van der Waals surface area contributed by atoms with Gasteiger partial charge < -0.3 is 21.5 Å². The molecule has 120 valence electrons. The minimum absolute atomic E-state index is 0.0626. The van der Waals surface area contributed by atoms with E-state index in [2.05, 4.69) is 23.3 Å². The van der Waals surface area contributed by atoms with Crippen LogP contribution >= 0.6 is 12.6 Å². The van der Waals surface area contributed by atoms with E-state index >= 15 is 0 Å². The average Bonchev–Trinajstić information content (AvgIpc) is 2.45. The Morgan fingerprint density at radius 3 is 2.23 bits per heavy atom. The normalized spacial score (nSPS) is 13.0. The lowest BCUT2D eigenvalue weighted by molar-refractivity contribution is -0.130. The number of nitrogens with one attached hydrogen (secondary N) is 2. The van der Waals surface area contributed by atoms with Gasteiger partial charge in [0.25, 0.3) is 0 Å². The predicted octanol–water partition coefficient (Wildman–Crippen LogP) is -0.661. The summed E-state index contributed by atoms with van der Waals surface area (Å²) in [7, 11) is 0. The molecular formula is C14H19N3O4S. The number of benzene rings is 1. The number of hydrogen-bond donors (Lipinski definition) is 5. The van der Waals surface area contributed by atoms with E-state index in [4.69, 9.17) is 5.73 Å². The standard InChI is InChI=1S/C14H19N3O4S/c1-8(18)16-11(6-9-2-4-10(19)5-3-9)14(21)17-12(7-22)13(15)20/h2-5,11-12,19,22H,6-7H2,1H3,(H2,15,20)(H,16,18)(H,17,21)/t11-,12-/m0/s1. The van der Waals surface area contributed by atoms with E-state index in [-0.39, 0.29) is 23.8 Å². The molecule has 1 aromatic carbocycles. The van der Waals surface area contributed by atoms with E-state index in [0.29, 0.717) is 0 Å². The van der Waals surface area contributed by atoms with Crippen LogP contribution in [0.5, 0.6) is 5.75 Å². The molecule has 3 amide bonds. The average molecular weight is 325 g/mol. The first kappa shape index (κ1) is 17.8. The largest absolute Gasteiger partial charge is 0.508 e. The number of aromatic hydroxyl groups is 1. The first-order valence-corrected chi connectivity index (χ1v) is 7.22. The van der Waals surface area contributed by atoms with Gasteiger partial charge in [0.05, 0.1) is 0 Å². The minimum atomic E-state index is -0.910. The fourth-order valence-electron chi connectivity index (χ4n) is 1.80. The van der Waals surface area contributed by atoms with Crippen molar-refractivity contribution in [3.8, 4) is 5.75 Å². The third kappa shape index (κ3) is 5.65. The summed E-state index contributed by atoms with van der Waals surface area (Å²) in [6.45, 7) is 1.29. The van der Waals surface area contributed by atoms with Gasteiger partial charge >= 0.3 is 0 Å². The number of phenols is 1. The number of nitrogens with two attached hydrogens (primary N) is 1. The Morgan fingerprint density at radius 1 is 1.18 bits per heavy atom. The molecule has 0 bridgehead atoms. The van der Waals surface area contributed by atoms with Gasteiger partial charge in [-0.2, -0.15) is 12.6 Å². The molecule has 0 aromatic heterocycles. The zero-order chi connectivity index (χ0) is 16.7. The van der Waals surface area contributed by atoms with Gasteiger partial charge in [0, 0.05) is 19.1 Å². The van der Waals surface area contributed by atoms with Crippen molar-refractivity contribution in [3.05, 3.63) is 29.8 Å². The van der Waals surface area contributed by atoms with Crippen LogP contribution in [0.2, 0.25) is 0 Å². The SMILES string of the molecule is CC(=O)N[C@@H](Cc1ccc(O)cc1)C(=O)N[C@@H](CS)C(N)=O. The van der Waals surface area contributed by atoms with Gasteiger partial charge in [-0.05, 0) is 17.7 Å². The molecule has 0 spiro atoms. The molecule has 5 N–H and O–H groups in total. The Balaban J connectivity index is 2.82. The summed E-state index contributed by atoms with van der Waals surface area (Å²) >= 11 is 3.95. The summed E-state index contributed by atoms with van der Waals surface area (Å²) in [6, 6.07) is 4.48. The smallest absolute Gasteiger partial charge is 0.243 e. The molecule has 0 fully saturated rings. The molecule has 1 aromatic rings. The quantitative estimate of drug-likeness (QED) is 0.427. The second-order valence-corrected chi connectivity index (χ2v) is 5.13. The maximum absolute atomic E-state index is 12.2. The zero-order valence-corrected chi connectivity index (χ0v) is 13.0. The van der Waals surface area contributed by atoms with E-state index in [1.807, 2.05) is 0 Å². The van der Waals surface area contributed by atoms with Gasteiger partial charge in [0.1, 0.15) is 17.8 Å². The van der Waals surface area contributed by atoms with Gasteiger partial charge in [-0.3, -0.25) is 14.4 Å². The number of amides is 3. The van der Waals surface area contributed by atoms with Crippen LogP contribution in [0.25, 0.3) is 0 Å². The number of carbonyl (C=O) groups excluding carboxylic acids is 3. The van der Waals surface area contributed by atoms with E-state index in [9.17, 15) is 19.5 Å². The van der Waals surface area contributed by atoms with E-state index < -0.39 is 23.9 Å². The summed E-state index contributed by atoms with van der Waals surface area (Å²) in [6.07, 6.45) is 0.212. The molecule has 0 heterocycles. The van der Waals surface area contributed by atoms with Gasteiger partial charge in [0.15, 0.2) is 0 Å². The van der Waals surface area contributed by atoms with Gasteiger partial charge in [-0.25, -0.2) is 0 Å². The van der Waals surface area contributed by atoms with E-state index in [1.165, 1.54) is 19.1 Å². The highest BCUT2D eigenvalue weighted by Gasteiger charge is 2.24. The van der Waals surface area contributed by atoms with Gasteiger partial charge in [0.2, 0.25) is 17.7 Å². The monoisotopic (exact) mass is 325 g/mol. The summed E-state index contributed by atoms with van der Waals surface area (Å²) < 4.78 is 0. The Hall–Kier alpha value is -2.22. The molecule has 8 heteroatoms. The van der Waals surface area contributed by atoms with Crippen LogP contribution in [0.4, 0.5) is 0 Å². The number of primary amides is 1. The third-order valence-electron chi connectivity index (χ3n) is 2.91. The predicted molar refractivity (Wildman–Crippen MR) is 84.4 cm³/mol. The topological polar surface area (TPSA) is 122 Å². The first-order chi connectivity index (χ1) is 10.3. The lowest BCUT2D eigenvalue weighted by atomic mass is 10.0. The molecule has 2 atom stereocenters. The lowest BCUT2D eigenvalue weighted by Gasteiger charge is -2.20. The Kier molecular flexibility index (Phi) is 6.71. The Morgan fingerprint density at radius 2 is 1.77 bits per heavy atom. The van der Waals surface area contributed by atoms with Crippen LogP contribution in [-0.2, 0) is 20.8 Å². The van der Waals surface area contributed by atoms with Crippen molar-refractivity contribution >= 4 is 30.4 Å². The fraction of sp³-hybridized carbons (Fsp3) is 0.357. The summed E-state index contributed by atoms with van der Waals surface area (Å²) in [5.41, 5.74) is 5.89. The molecule has 0 radical (unpaired) electrons. The van der Waals surface area contributed by atoms with Crippen LogP contribution in [0.1, 0.15) is 12.5 Å². The highest BCUT2D eigenvalue weighted by atomic mass is 32.1. The van der Waals surface area contributed by atoms with Crippen molar-refractivity contribution in [2.24, 2.45) is 5.73 Å². The third-order valence-corrected chi connectivity index (χ3v) is 3.28. The lowest BCUT2D eigenvalue weighted by Crippen LogP contribution is -2.54. The summed E-state index contributed by atoms with van der Waals surface area (Å²) in [4.78, 5) is 34.6. The van der Waals surface area contributed by atoms with Gasteiger partial charge in [-0.15, -0.1) is 0 Å². The maximum Gasteiger partial charge on any atom is 0.243 e. The summed E-state index contributed by atoms with van der Waals surface area (Å²) in [5, 5.41) is 14.2. The number of hydrogen-bond acceptors (Lipinski definition) is 5. The molecule has 1 rings (SSSR count). The van der Waals surface area contributed by atoms with Crippen molar-refractivity contribution in [1.82, 2.24) is 10.6 Å². The Labute approximate surface area is 133 Å². The minimum Gasteiger partial charge on any atom is -0.508 e. The molecule has 0 saturated heterocycles. The second-order valence-electron chi connectivity index (χ2n) is 4.77. The molecular weight excluding hydrogens is 306 g/mol. The van der Waals surface area contributed by atoms with Crippen molar-refractivity contribution in [2.75, 3.05) is 5.75 Å². The second kappa shape index (κ2) is 8.28. The van der Waals surface area contributed by atoms with Crippen LogP contribution in [0.15, 0.2) is 24.3 Å². The fourth-order valence-corrected chi connectivity index (χ4v) is 2.07. The van der Waals surface area contributed by atoms with Crippen molar-refractivity contribution < 1.29 is 19.5 Å². The number of rotatable bonds is 7. The van der Waals surface area contributed by atoms with E-state index in [0.717, 1.165) is 5.56 Å². The molecule has 22 heavy (non-hydrogen) atoms. The highest BCUT2D eigenvalue weighted by molar-refractivity contribution is 7.80. The molecule has 0 saturated carbocycles. The molecule has 0 aliphatic rings. The van der Waals surface area contributed by atoms with Crippen molar-refractivity contribution in [3.63, 3.8) is 0 Å². The number of phenolic OH excluding ortho intramolecular Hbond substituents is 1. The van der Waals surface area contributed by atoms with Crippen LogP contribution in [0, 0.1) is 0 Å².